The van der Waals surface area contributed by atoms with Gasteiger partial charge in [-0.2, -0.15) is 23.5 Å². The molecular weight excluding hydrogens is 342 g/mol. The van der Waals surface area contributed by atoms with Crippen molar-refractivity contribution in [1.29, 1.82) is 0 Å². The molecule has 1 aromatic heterocycles. The van der Waals surface area contributed by atoms with E-state index in [0.29, 0.717) is 25.0 Å². The Morgan fingerprint density at radius 1 is 0.917 bits per heavy atom. The van der Waals surface area contributed by atoms with Gasteiger partial charge in [0, 0.05) is 0 Å². The molecule has 130 valence electrons. The van der Waals surface area contributed by atoms with E-state index in [2.05, 4.69) is 27.5 Å². The smallest absolute Gasteiger partial charge is 0.235 e. The number of ether oxygens (including phenoxy) is 2. The van der Waals surface area contributed by atoms with Crippen LogP contribution < -0.4 is 0 Å². The summed E-state index contributed by atoms with van der Waals surface area (Å²) >= 11 is 3.67. The van der Waals surface area contributed by atoms with Gasteiger partial charge in [-0.1, -0.05) is 6.07 Å². The zero-order valence-electron chi connectivity index (χ0n) is 14.1. The predicted molar refractivity (Wildman–Crippen MR) is 103 cm³/mol. The molecule has 3 heterocycles. The topological polar surface area (TPSA) is 56.1 Å². The van der Waals surface area contributed by atoms with E-state index in [1.54, 1.807) is 0 Å². The molecule has 0 amide bonds. The van der Waals surface area contributed by atoms with Crippen LogP contribution in [0.25, 0.3) is 0 Å². The van der Waals surface area contributed by atoms with E-state index in [-0.39, 0.29) is 12.1 Å². The molecule has 0 aliphatic carbocycles. The Bertz CT molecular complexity index is 572. The Hall–Kier alpha value is -1.21. The lowest BCUT2D eigenvalue weighted by Gasteiger charge is -2.04. The summed E-state index contributed by atoms with van der Waals surface area (Å²) in [7, 11) is 0. The van der Waals surface area contributed by atoms with Gasteiger partial charge in [0.15, 0.2) is 0 Å². The van der Waals surface area contributed by atoms with Crippen LogP contribution in [0.5, 0.6) is 0 Å². The monoisotopic (exact) mass is 365 g/mol. The molecule has 0 radical (unpaired) electrons. The summed E-state index contributed by atoms with van der Waals surface area (Å²) in [4.78, 5) is 14.0. The van der Waals surface area contributed by atoms with Gasteiger partial charge in [0.05, 0.1) is 12.1 Å². The highest BCUT2D eigenvalue weighted by molar-refractivity contribution is 7.98. The van der Waals surface area contributed by atoms with Crippen molar-refractivity contribution in [3.63, 3.8) is 0 Å². The van der Waals surface area contributed by atoms with Crippen LogP contribution in [0.1, 0.15) is 24.2 Å². The molecule has 24 heavy (non-hydrogen) atoms. The third-order valence-electron chi connectivity index (χ3n) is 3.92. The van der Waals surface area contributed by atoms with Gasteiger partial charge in [-0.3, -0.25) is 0 Å². The minimum atomic E-state index is 0.244. The first-order valence-corrected chi connectivity index (χ1v) is 11.0. The Labute approximate surface area is 151 Å². The number of pyridine rings is 1. The maximum atomic E-state index is 5.74. The Morgan fingerprint density at radius 2 is 1.42 bits per heavy atom. The first-order valence-electron chi connectivity index (χ1n) is 8.17. The van der Waals surface area contributed by atoms with Gasteiger partial charge in [-0.25, -0.2) is 15.0 Å². The number of nitrogens with zero attached hydrogens (tertiary/aromatic N) is 3. The molecule has 0 saturated carbocycles. The van der Waals surface area contributed by atoms with Crippen LogP contribution in [0.3, 0.4) is 0 Å². The normalized spacial score (nSPS) is 22.8. The van der Waals surface area contributed by atoms with Crippen molar-refractivity contribution < 1.29 is 9.47 Å². The number of hydrogen-bond acceptors (Lipinski definition) is 7. The van der Waals surface area contributed by atoms with Crippen LogP contribution >= 0.6 is 23.5 Å². The first kappa shape index (κ1) is 17.6. The van der Waals surface area contributed by atoms with Gasteiger partial charge in [-0.05, 0) is 49.0 Å². The van der Waals surface area contributed by atoms with E-state index in [1.807, 2.05) is 41.7 Å². The summed E-state index contributed by atoms with van der Waals surface area (Å²) in [5.74, 6) is 3.47. The summed E-state index contributed by atoms with van der Waals surface area (Å²) in [6.45, 7) is 1.30. The Balaban J connectivity index is 1.69. The second kappa shape index (κ2) is 8.76. The van der Waals surface area contributed by atoms with Crippen molar-refractivity contribution in [2.75, 3.05) is 37.2 Å². The number of aromatic nitrogens is 1. The minimum Gasteiger partial charge on any atom is -0.474 e. The number of rotatable bonds is 8. The molecule has 3 rings (SSSR count). The summed E-state index contributed by atoms with van der Waals surface area (Å²) in [5, 5.41) is 0. The fraction of sp³-hybridized carbons (Fsp3) is 0.588. The third kappa shape index (κ3) is 4.45. The molecule has 0 N–H and O–H groups in total. The van der Waals surface area contributed by atoms with Crippen molar-refractivity contribution in [3.05, 3.63) is 29.6 Å². The standard InChI is InChI=1S/C17H23N3O2S2/c1-23-8-6-12-10-21-16(18-12)14-4-3-5-15(20-14)17-19-13(11-22-17)7-9-24-2/h3-5,12-13H,6-11H2,1-2H3. The van der Waals surface area contributed by atoms with E-state index in [9.17, 15) is 0 Å². The largest absolute Gasteiger partial charge is 0.474 e. The van der Waals surface area contributed by atoms with Crippen molar-refractivity contribution in [2.45, 2.75) is 24.9 Å². The fourth-order valence-corrected chi connectivity index (χ4v) is 3.60. The predicted octanol–water partition coefficient (Wildman–Crippen LogP) is 2.88. The van der Waals surface area contributed by atoms with Gasteiger partial charge in [-0.15, -0.1) is 0 Å². The quantitative estimate of drug-likeness (QED) is 0.709. The van der Waals surface area contributed by atoms with Gasteiger partial charge < -0.3 is 9.47 Å². The van der Waals surface area contributed by atoms with Crippen LogP contribution in [-0.2, 0) is 9.47 Å². The Morgan fingerprint density at radius 3 is 1.88 bits per heavy atom. The zero-order valence-corrected chi connectivity index (χ0v) is 15.7. The molecule has 2 aliphatic heterocycles. The molecule has 0 fully saturated rings. The van der Waals surface area contributed by atoms with E-state index in [1.165, 1.54) is 0 Å². The Kier molecular flexibility index (Phi) is 6.43. The molecular formula is C17H23N3O2S2. The number of hydrogen-bond donors (Lipinski definition) is 0. The molecule has 0 bridgehead atoms. The molecule has 0 spiro atoms. The van der Waals surface area contributed by atoms with Crippen molar-refractivity contribution in [1.82, 2.24) is 4.98 Å². The SMILES string of the molecule is CSCCC1COC(c2cccc(C3=NC(CCSC)CO3)n2)=N1. The van der Waals surface area contributed by atoms with Gasteiger partial charge >= 0.3 is 0 Å². The lowest BCUT2D eigenvalue weighted by atomic mass is 10.2. The lowest BCUT2D eigenvalue weighted by Crippen LogP contribution is -2.10. The minimum absolute atomic E-state index is 0.244. The molecule has 2 aliphatic rings. The summed E-state index contributed by atoms with van der Waals surface area (Å²) in [5.41, 5.74) is 1.52. The molecule has 1 aromatic rings. The van der Waals surface area contributed by atoms with Crippen molar-refractivity contribution >= 4 is 35.3 Å². The highest BCUT2D eigenvalue weighted by Gasteiger charge is 2.24. The van der Waals surface area contributed by atoms with Gasteiger partial charge in [0.1, 0.15) is 24.6 Å². The van der Waals surface area contributed by atoms with Crippen molar-refractivity contribution in [3.8, 4) is 0 Å². The molecule has 0 aromatic carbocycles. The first-order chi connectivity index (χ1) is 11.8. The van der Waals surface area contributed by atoms with E-state index < -0.39 is 0 Å². The zero-order chi connectivity index (χ0) is 16.8. The molecule has 5 nitrogen and oxygen atoms in total. The second-order valence-electron chi connectivity index (χ2n) is 5.77. The van der Waals surface area contributed by atoms with Crippen LogP contribution in [0.2, 0.25) is 0 Å². The fourth-order valence-electron chi connectivity index (χ4n) is 2.59. The van der Waals surface area contributed by atoms with Crippen LogP contribution in [0.15, 0.2) is 28.2 Å². The van der Waals surface area contributed by atoms with E-state index in [0.717, 1.165) is 35.7 Å². The van der Waals surface area contributed by atoms with Gasteiger partial charge in [0.25, 0.3) is 0 Å². The maximum Gasteiger partial charge on any atom is 0.235 e. The third-order valence-corrected chi connectivity index (χ3v) is 5.21. The summed E-state index contributed by atoms with van der Waals surface area (Å²) in [6.07, 6.45) is 6.30. The maximum absolute atomic E-state index is 5.74. The number of thioether (sulfide) groups is 2. The van der Waals surface area contributed by atoms with Gasteiger partial charge in [0.2, 0.25) is 11.8 Å². The summed E-state index contributed by atoms with van der Waals surface area (Å²) < 4.78 is 11.5. The van der Waals surface area contributed by atoms with E-state index in [4.69, 9.17) is 9.47 Å². The van der Waals surface area contributed by atoms with Crippen LogP contribution in [0, 0.1) is 0 Å². The summed E-state index contributed by atoms with van der Waals surface area (Å²) in [6, 6.07) is 6.31. The molecule has 2 atom stereocenters. The highest BCUT2D eigenvalue weighted by atomic mass is 32.2. The van der Waals surface area contributed by atoms with E-state index >= 15 is 0 Å². The van der Waals surface area contributed by atoms with Crippen LogP contribution in [0.4, 0.5) is 0 Å². The molecule has 7 heteroatoms. The molecule has 2 unspecified atom stereocenters. The average Bonchev–Trinajstić information content (AvgIpc) is 3.28. The van der Waals surface area contributed by atoms with Crippen LogP contribution in [-0.4, -0.2) is 66.1 Å². The number of aliphatic imine (C=N–C) groups is 2. The molecule has 0 saturated heterocycles. The average molecular weight is 366 g/mol. The second-order valence-corrected chi connectivity index (χ2v) is 7.74. The lowest BCUT2D eigenvalue weighted by molar-refractivity contribution is 0.313. The highest BCUT2D eigenvalue weighted by Crippen LogP contribution is 2.18. The van der Waals surface area contributed by atoms with Crippen molar-refractivity contribution in [2.24, 2.45) is 9.98 Å².